The van der Waals surface area contributed by atoms with Gasteiger partial charge in [0.1, 0.15) is 11.9 Å². The van der Waals surface area contributed by atoms with Gasteiger partial charge in [0.2, 0.25) is 11.8 Å². The molecule has 3 heterocycles. The number of hydrogen-bond acceptors (Lipinski definition) is 5. The number of carboxylic acids is 1. The van der Waals surface area contributed by atoms with Crippen molar-refractivity contribution in [3.63, 3.8) is 0 Å². The minimum Gasteiger partial charge on any atom is -0.480 e. The van der Waals surface area contributed by atoms with Crippen molar-refractivity contribution in [2.45, 2.75) is 83.6 Å². The summed E-state index contributed by atoms with van der Waals surface area (Å²) in [6.07, 6.45) is 9.81. The number of rotatable bonds is 11. The number of aromatic nitrogens is 1. The van der Waals surface area contributed by atoms with Crippen molar-refractivity contribution in [2.24, 2.45) is 5.92 Å². The smallest absolute Gasteiger partial charge is 0.326 e. The van der Waals surface area contributed by atoms with Crippen LogP contribution in [0.25, 0.3) is 0 Å². The van der Waals surface area contributed by atoms with Crippen molar-refractivity contribution in [3.8, 4) is 0 Å². The minimum absolute atomic E-state index is 0.0215. The minimum atomic E-state index is -0.975. The molecule has 3 rings (SSSR count). The number of aryl methyl sites for hydroxylation is 2. The van der Waals surface area contributed by atoms with Gasteiger partial charge in [-0.05, 0) is 56.6 Å². The predicted octanol–water partition coefficient (Wildman–Crippen LogP) is 3.15. The van der Waals surface area contributed by atoms with Crippen LogP contribution in [0.2, 0.25) is 0 Å². The molecule has 1 aromatic heterocycles. The SMILES string of the molecule is CC(=O)N1CCC(C(=O)N[C@@H](CCCCCCCc2ccc3c(n2)NCCC3)C(=O)O)CC1. The summed E-state index contributed by atoms with van der Waals surface area (Å²) in [4.78, 5) is 42.0. The standard InChI is InChI=1S/C25H38N4O4/c1-18(30)29-16-13-20(14-17-29)24(31)28-22(25(32)33)10-6-4-2-3-5-9-21-12-11-19-8-7-15-26-23(19)27-21/h11-12,20,22H,2-10,13-17H2,1H3,(H,26,27)(H,28,31)(H,32,33)/t22-/m0/s1. The van der Waals surface area contributed by atoms with Gasteiger partial charge in [-0.1, -0.05) is 31.7 Å². The second-order valence-electron chi connectivity index (χ2n) is 9.33. The van der Waals surface area contributed by atoms with Crippen molar-refractivity contribution in [2.75, 3.05) is 25.0 Å². The highest BCUT2D eigenvalue weighted by molar-refractivity contribution is 5.85. The summed E-state index contributed by atoms with van der Waals surface area (Å²) in [6.45, 7) is 3.65. The normalized spacial score (nSPS) is 17.1. The molecule has 1 atom stereocenters. The maximum absolute atomic E-state index is 12.5. The molecule has 2 aliphatic rings. The highest BCUT2D eigenvalue weighted by Gasteiger charge is 2.29. The first-order valence-electron chi connectivity index (χ1n) is 12.5. The molecule has 0 saturated carbocycles. The van der Waals surface area contributed by atoms with Gasteiger partial charge in [-0.15, -0.1) is 0 Å². The Kier molecular flexibility index (Phi) is 9.51. The summed E-state index contributed by atoms with van der Waals surface area (Å²) in [5.74, 6) is -0.317. The molecule has 2 aliphatic heterocycles. The van der Waals surface area contributed by atoms with E-state index in [4.69, 9.17) is 4.98 Å². The van der Waals surface area contributed by atoms with E-state index in [9.17, 15) is 19.5 Å². The van der Waals surface area contributed by atoms with Crippen LogP contribution in [0.5, 0.6) is 0 Å². The number of piperidine rings is 1. The van der Waals surface area contributed by atoms with Crippen molar-refractivity contribution >= 4 is 23.6 Å². The average Bonchev–Trinajstić information content (AvgIpc) is 2.82. The molecule has 0 bridgehead atoms. The van der Waals surface area contributed by atoms with Gasteiger partial charge in [0.05, 0.1) is 0 Å². The second kappa shape index (κ2) is 12.6. The third kappa shape index (κ3) is 7.72. The van der Waals surface area contributed by atoms with Gasteiger partial charge in [-0.3, -0.25) is 9.59 Å². The lowest BCUT2D eigenvalue weighted by Gasteiger charge is -2.31. The Morgan fingerprint density at radius 1 is 1.15 bits per heavy atom. The average molecular weight is 459 g/mol. The molecule has 0 radical (unpaired) electrons. The van der Waals surface area contributed by atoms with Gasteiger partial charge < -0.3 is 20.6 Å². The molecule has 1 aromatic rings. The molecule has 8 heteroatoms. The second-order valence-corrected chi connectivity index (χ2v) is 9.33. The van der Waals surface area contributed by atoms with Crippen LogP contribution >= 0.6 is 0 Å². The van der Waals surface area contributed by atoms with Gasteiger partial charge in [0.25, 0.3) is 0 Å². The number of carbonyl (C=O) groups excluding carboxylic acids is 2. The van der Waals surface area contributed by atoms with Crippen LogP contribution in [0.15, 0.2) is 12.1 Å². The number of carbonyl (C=O) groups is 3. The van der Waals surface area contributed by atoms with Gasteiger partial charge >= 0.3 is 5.97 Å². The van der Waals surface area contributed by atoms with Crippen LogP contribution in [0.4, 0.5) is 5.82 Å². The Balaban J connectivity index is 1.29. The first-order valence-corrected chi connectivity index (χ1v) is 12.5. The largest absolute Gasteiger partial charge is 0.480 e. The van der Waals surface area contributed by atoms with Crippen LogP contribution in [-0.2, 0) is 27.2 Å². The number of unbranched alkanes of at least 4 members (excludes halogenated alkanes) is 4. The molecule has 2 amide bonds. The number of nitrogens with one attached hydrogen (secondary N) is 2. The predicted molar refractivity (Wildman–Crippen MR) is 127 cm³/mol. The molecule has 182 valence electrons. The molecular weight excluding hydrogens is 420 g/mol. The number of aliphatic carboxylic acids is 1. The fraction of sp³-hybridized carbons (Fsp3) is 0.680. The summed E-state index contributed by atoms with van der Waals surface area (Å²) in [6, 6.07) is 3.49. The number of pyridine rings is 1. The molecule has 1 saturated heterocycles. The number of carboxylic acid groups (broad SMARTS) is 1. The van der Waals surface area contributed by atoms with Crippen molar-refractivity contribution in [1.82, 2.24) is 15.2 Å². The van der Waals surface area contributed by atoms with Gasteiger partial charge in [-0.25, -0.2) is 9.78 Å². The Hall–Kier alpha value is -2.64. The zero-order valence-electron chi connectivity index (χ0n) is 19.8. The maximum atomic E-state index is 12.5. The van der Waals surface area contributed by atoms with Crippen LogP contribution < -0.4 is 10.6 Å². The molecule has 8 nitrogen and oxygen atoms in total. The molecule has 0 aromatic carbocycles. The molecule has 33 heavy (non-hydrogen) atoms. The molecule has 0 aliphatic carbocycles. The summed E-state index contributed by atoms with van der Waals surface area (Å²) >= 11 is 0. The van der Waals surface area contributed by atoms with E-state index in [1.54, 1.807) is 4.90 Å². The molecular formula is C25H38N4O4. The van der Waals surface area contributed by atoms with E-state index in [2.05, 4.69) is 22.8 Å². The third-order valence-corrected chi connectivity index (χ3v) is 6.80. The van der Waals surface area contributed by atoms with Crippen LogP contribution in [0.1, 0.15) is 76.0 Å². The summed E-state index contributed by atoms with van der Waals surface area (Å²) < 4.78 is 0. The highest BCUT2D eigenvalue weighted by atomic mass is 16.4. The Bertz CT molecular complexity index is 821. The lowest BCUT2D eigenvalue weighted by molar-refractivity contribution is -0.143. The Morgan fingerprint density at radius 3 is 2.61 bits per heavy atom. The summed E-state index contributed by atoms with van der Waals surface area (Å²) in [7, 11) is 0. The third-order valence-electron chi connectivity index (χ3n) is 6.80. The van der Waals surface area contributed by atoms with E-state index in [0.717, 1.165) is 63.0 Å². The first kappa shape index (κ1) is 25.0. The van der Waals surface area contributed by atoms with E-state index < -0.39 is 12.0 Å². The monoisotopic (exact) mass is 458 g/mol. The lowest BCUT2D eigenvalue weighted by Crippen LogP contribution is -2.47. The fourth-order valence-electron chi connectivity index (χ4n) is 4.70. The van der Waals surface area contributed by atoms with Crippen LogP contribution in [-0.4, -0.2) is 58.5 Å². The van der Waals surface area contributed by atoms with E-state index >= 15 is 0 Å². The first-order chi connectivity index (χ1) is 15.9. The highest BCUT2D eigenvalue weighted by Crippen LogP contribution is 2.21. The molecule has 1 fully saturated rings. The van der Waals surface area contributed by atoms with E-state index in [1.807, 2.05) is 0 Å². The zero-order chi connectivity index (χ0) is 23.6. The number of hydrogen-bond donors (Lipinski definition) is 3. The van der Waals surface area contributed by atoms with Crippen LogP contribution in [0, 0.1) is 5.92 Å². The molecule has 0 unspecified atom stereocenters. The van der Waals surface area contributed by atoms with E-state index in [1.165, 1.54) is 18.9 Å². The van der Waals surface area contributed by atoms with Gasteiger partial charge in [-0.2, -0.15) is 0 Å². The van der Waals surface area contributed by atoms with Crippen molar-refractivity contribution in [3.05, 3.63) is 23.4 Å². The fourth-order valence-corrected chi connectivity index (χ4v) is 4.70. The zero-order valence-corrected chi connectivity index (χ0v) is 19.8. The van der Waals surface area contributed by atoms with E-state index in [0.29, 0.717) is 32.4 Å². The quantitative estimate of drug-likeness (QED) is 0.439. The van der Waals surface area contributed by atoms with E-state index in [-0.39, 0.29) is 17.7 Å². The van der Waals surface area contributed by atoms with Crippen molar-refractivity contribution in [1.29, 1.82) is 0 Å². The van der Waals surface area contributed by atoms with Gasteiger partial charge in [0.15, 0.2) is 0 Å². The maximum Gasteiger partial charge on any atom is 0.326 e. The number of likely N-dealkylation sites (tertiary alicyclic amines) is 1. The number of amides is 2. The van der Waals surface area contributed by atoms with Crippen molar-refractivity contribution < 1.29 is 19.5 Å². The number of fused-ring (bicyclic) bond motifs is 1. The number of nitrogens with zero attached hydrogens (tertiary/aromatic N) is 2. The molecule has 3 N–H and O–H groups in total. The van der Waals surface area contributed by atoms with Gasteiger partial charge in [0, 0.05) is 38.2 Å². The topological polar surface area (TPSA) is 112 Å². The van der Waals surface area contributed by atoms with Crippen LogP contribution in [0.3, 0.4) is 0 Å². The molecule has 0 spiro atoms. The number of anilines is 1. The Labute approximate surface area is 196 Å². The summed E-state index contributed by atoms with van der Waals surface area (Å²) in [5, 5.41) is 15.6. The summed E-state index contributed by atoms with van der Waals surface area (Å²) in [5.41, 5.74) is 2.44. The Morgan fingerprint density at radius 2 is 1.88 bits per heavy atom. The lowest BCUT2D eigenvalue weighted by atomic mass is 9.95.